The summed E-state index contributed by atoms with van der Waals surface area (Å²) < 4.78 is 1.88. The first-order valence-corrected chi connectivity index (χ1v) is 7.38. The smallest absolute Gasteiger partial charge is 0.272 e. The van der Waals surface area contributed by atoms with E-state index in [9.17, 15) is 9.59 Å². The molecule has 3 heterocycles. The molecule has 1 aliphatic rings. The maximum Gasteiger partial charge on any atom is 0.272 e. The van der Waals surface area contributed by atoms with Gasteiger partial charge in [0.25, 0.3) is 5.91 Å². The summed E-state index contributed by atoms with van der Waals surface area (Å²) in [6.45, 7) is 5.03. The number of nitrogens with zero attached hydrogens (tertiary/aromatic N) is 3. The highest BCUT2D eigenvalue weighted by molar-refractivity contribution is 5.96. The molecule has 0 aromatic carbocycles. The zero-order valence-corrected chi connectivity index (χ0v) is 12.4. The van der Waals surface area contributed by atoms with Crippen LogP contribution in [0, 0.1) is 6.92 Å². The second-order valence-electron chi connectivity index (χ2n) is 5.53. The number of amides is 1. The summed E-state index contributed by atoms with van der Waals surface area (Å²) >= 11 is 0. The van der Waals surface area contributed by atoms with Gasteiger partial charge in [0.1, 0.15) is 17.1 Å². The lowest BCUT2D eigenvalue weighted by Gasteiger charge is -2.26. The van der Waals surface area contributed by atoms with Crippen LogP contribution in [-0.2, 0) is 11.2 Å². The quantitative estimate of drug-likeness (QED) is 0.848. The molecule has 1 saturated heterocycles. The second-order valence-corrected chi connectivity index (χ2v) is 5.53. The zero-order chi connectivity index (χ0) is 15.0. The van der Waals surface area contributed by atoms with Crippen molar-refractivity contribution in [1.82, 2.24) is 14.3 Å². The van der Waals surface area contributed by atoms with Crippen molar-refractivity contribution >= 4 is 17.3 Å². The van der Waals surface area contributed by atoms with Crippen LogP contribution in [0.1, 0.15) is 41.5 Å². The molecule has 0 saturated carbocycles. The number of hydrogen-bond acceptors (Lipinski definition) is 3. The van der Waals surface area contributed by atoms with Crippen molar-refractivity contribution in [2.24, 2.45) is 0 Å². The minimum Gasteiger partial charge on any atom is -0.336 e. The number of aromatic nitrogens is 2. The summed E-state index contributed by atoms with van der Waals surface area (Å²) in [6.07, 6.45) is 3.59. The third-order valence-corrected chi connectivity index (χ3v) is 3.98. The molecule has 0 bridgehead atoms. The van der Waals surface area contributed by atoms with Crippen LogP contribution in [0.5, 0.6) is 0 Å². The van der Waals surface area contributed by atoms with Crippen molar-refractivity contribution in [3.8, 4) is 0 Å². The van der Waals surface area contributed by atoms with Gasteiger partial charge in [-0.15, -0.1) is 0 Å². The number of Topliss-reactive ketones (excluding diaryl/α,β-unsaturated/α-hetero) is 1. The summed E-state index contributed by atoms with van der Waals surface area (Å²) in [5.41, 5.74) is 3.35. The highest BCUT2D eigenvalue weighted by atomic mass is 16.2. The van der Waals surface area contributed by atoms with Crippen LogP contribution in [0.15, 0.2) is 18.3 Å². The minimum atomic E-state index is -0.0162. The molecule has 21 heavy (non-hydrogen) atoms. The molecule has 0 unspecified atom stereocenters. The molecule has 1 aliphatic heterocycles. The van der Waals surface area contributed by atoms with Gasteiger partial charge in [0.05, 0.1) is 5.69 Å². The van der Waals surface area contributed by atoms with Gasteiger partial charge in [-0.2, -0.15) is 0 Å². The van der Waals surface area contributed by atoms with E-state index in [1.165, 1.54) is 0 Å². The third-order valence-electron chi connectivity index (χ3n) is 3.98. The number of aryl methyl sites for hydroxylation is 2. The molecule has 2 aromatic heterocycles. The Morgan fingerprint density at radius 2 is 2.00 bits per heavy atom. The van der Waals surface area contributed by atoms with Gasteiger partial charge in [0.2, 0.25) is 0 Å². The highest BCUT2D eigenvalue weighted by Gasteiger charge is 2.26. The van der Waals surface area contributed by atoms with Crippen molar-refractivity contribution in [3.05, 3.63) is 35.3 Å². The second kappa shape index (κ2) is 5.31. The largest absolute Gasteiger partial charge is 0.336 e. The molecule has 0 radical (unpaired) electrons. The van der Waals surface area contributed by atoms with Crippen molar-refractivity contribution in [3.63, 3.8) is 0 Å². The van der Waals surface area contributed by atoms with Gasteiger partial charge >= 0.3 is 0 Å². The fourth-order valence-corrected chi connectivity index (χ4v) is 2.78. The molecule has 0 atom stereocenters. The standard InChI is InChI=1S/C16H19N3O2/c1-3-13-15(16(21)18-8-6-12(20)7-9-18)19-10-11(2)4-5-14(19)17-13/h4-5,10H,3,6-9H2,1-2H3. The van der Waals surface area contributed by atoms with E-state index in [0.29, 0.717) is 38.0 Å². The monoisotopic (exact) mass is 285 g/mol. The summed E-state index contributed by atoms with van der Waals surface area (Å²) in [5, 5.41) is 0. The average Bonchev–Trinajstić information content (AvgIpc) is 2.85. The number of likely N-dealkylation sites (tertiary alicyclic amines) is 1. The Kier molecular flexibility index (Phi) is 3.49. The predicted octanol–water partition coefficient (Wildman–Crippen LogP) is 2.01. The molecular weight excluding hydrogens is 266 g/mol. The topological polar surface area (TPSA) is 54.7 Å². The van der Waals surface area contributed by atoms with Crippen molar-refractivity contribution < 1.29 is 9.59 Å². The van der Waals surface area contributed by atoms with Crippen LogP contribution in [0.4, 0.5) is 0 Å². The average molecular weight is 285 g/mol. The number of carbonyl (C=O) groups is 2. The number of piperidine rings is 1. The summed E-state index contributed by atoms with van der Waals surface area (Å²) in [7, 11) is 0. The number of pyridine rings is 1. The fourth-order valence-electron chi connectivity index (χ4n) is 2.78. The highest BCUT2D eigenvalue weighted by Crippen LogP contribution is 2.18. The lowest BCUT2D eigenvalue weighted by atomic mass is 10.1. The Bertz CT molecular complexity index is 708. The first-order valence-electron chi connectivity index (χ1n) is 7.38. The molecule has 0 aliphatic carbocycles. The fraction of sp³-hybridized carbons (Fsp3) is 0.438. The molecule has 1 fully saturated rings. The minimum absolute atomic E-state index is 0.0162. The molecule has 5 nitrogen and oxygen atoms in total. The van der Waals surface area contributed by atoms with Crippen molar-refractivity contribution in [2.45, 2.75) is 33.1 Å². The van der Waals surface area contributed by atoms with Gasteiger partial charge in [0.15, 0.2) is 0 Å². The van der Waals surface area contributed by atoms with E-state index in [1.54, 1.807) is 4.90 Å². The van der Waals surface area contributed by atoms with Crippen LogP contribution in [0.2, 0.25) is 0 Å². The SMILES string of the molecule is CCc1nc2ccc(C)cn2c1C(=O)N1CCC(=O)CC1. The van der Waals surface area contributed by atoms with E-state index < -0.39 is 0 Å². The van der Waals surface area contributed by atoms with Crippen LogP contribution in [-0.4, -0.2) is 39.1 Å². The predicted molar refractivity (Wildman–Crippen MR) is 79.5 cm³/mol. The third kappa shape index (κ3) is 2.44. The molecule has 2 aromatic rings. The van der Waals surface area contributed by atoms with Crippen LogP contribution < -0.4 is 0 Å². The Hall–Kier alpha value is -2.17. The van der Waals surface area contributed by atoms with Gasteiger partial charge < -0.3 is 4.90 Å². The lowest BCUT2D eigenvalue weighted by Crippen LogP contribution is -2.39. The Morgan fingerprint density at radius 1 is 1.29 bits per heavy atom. The van der Waals surface area contributed by atoms with Crippen molar-refractivity contribution in [2.75, 3.05) is 13.1 Å². The molecule has 3 rings (SSSR count). The molecule has 5 heteroatoms. The zero-order valence-electron chi connectivity index (χ0n) is 12.4. The first kappa shape index (κ1) is 13.8. The molecule has 0 spiro atoms. The van der Waals surface area contributed by atoms with E-state index in [2.05, 4.69) is 4.98 Å². The van der Waals surface area contributed by atoms with Gasteiger partial charge in [-0.25, -0.2) is 4.98 Å². The summed E-state index contributed by atoms with van der Waals surface area (Å²) in [4.78, 5) is 30.5. The number of ketones is 1. The van der Waals surface area contributed by atoms with Crippen molar-refractivity contribution in [1.29, 1.82) is 0 Å². The molecule has 0 N–H and O–H groups in total. The van der Waals surface area contributed by atoms with E-state index >= 15 is 0 Å². The van der Waals surface area contributed by atoms with E-state index in [1.807, 2.05) is 36.6 Å². The van der Waals surface area contributed by atoms with Gasteiger partial charge in [-0.1, -0.05) is 13.0 Å². The van der Waals surface area contributed by atoms with Crippen LogP contribution in [0.25, 0.3) is 5.65 Å². The number of rotatable bonds is 2. The summed E-state index contributed by atoms with van der Waals surface area (Å²) in [5.74, 6) is 0.223. The van der Waals surface area contributed by atoms with E-state index in [4.69, 9.17) is 0 Å². The molecular formula is C16H19N3O2. The summed E-state index contributed by atoms with van der Waals surface area (Å²) in [6, 6.07) is 3.93. The van der Waals surface area contributed by atoms with Gasteiger partial charge in [-0.3, -0.25) is 14.0 Å². The van der Waals surface area contributed by atoms with Crippen LogP contribution >= 0.6 is 0 Å². The normalized spacial score (nSPS) is 15.7. The molecule has 1 amide bonds. The Labute approximate surface area is 123 Å². The number of fused-ring (bicyclic) bond motifs is 1. The molecule has 110 valence electrons. The lowest BCUT2D eigenvalue weighted by molar-refractivity contribution is -0.120. The van der Waals surface area contributed by atoms with Gasteiger partial charge in [0, 0.05) is 32.1 Å². The number of imidazole rings is 1. The maximum absolute atomic E-state index is 12.8. The number of carbonyl (C=O) groups excluding carboxylic acids is 2. The van der Waals surface area contributed by atoms with E-state index in [-0.39, 0.29) is 11.7 Å². The number of hydrogen-bond donors (Lipinski definition) is 0. The van der Waals surface area contributed by atoms with E-state index in [0.717, 1.165) is 16.9 Å². The van der Waals surface area contributed by atoms with Crippen LogP contribution in [0.3, 0.4) is 0 Å². The Balaban J connectivity index is 2.03. The van der Waals surface area contributed by atoms with Gasteiger partial charge in [-0.05, 0) is 25.0 Å². The first-order chi connectivity index (χ1) is 10.1. The maximum atomic E-state index is 12.8. The Morgan fingerprint density at radius 3 is 2.67 bits per heavy atom.